The Morgan fingerprint density at radius 2 is 2.20 bits per heavy atom. The first-order valence-corrected chi connectivity index (χ1v) is 4.54. The van der Waals surface area contributed by atoms with Crippen molar-refractivity contribution >= 4 is 23.0 Å². The zero-order chi connectivity index (χ0) is 10.7. The van der Waals surface area contributed by atoms with Crippen LogP contribution in [0.2, 0.25) is 0 Å². The number of benzene rings is 1. The van der Waals surface area contributed by atoms with Crippen LogP contribution in [0.15, 0.2) is 40.8 Å². The molecule has 2 rings (SSSR count). The number of esters is 1. The maximum Gasteiger partial charge on any atom is 0.330 e. The molecule has 0 saturated heterocycles. The predicted octanol–water partition coefficient (Wildman–Crippen LogP) is 2.62. The van der Waals surface area contributed by atoms with Crippen LogP contribution in [0.3, 0.4) is 0 Å². The van der Waals surface area contributed by atoms with E-state index in [-0.39, 0.29) is 0 Å². The summed E-state index contributed by atoms with van der Waals surface area (Å²) in [6.07, 6.45) is 2.92. The number of hydrogen-bond donors (Lipinski definition) is 0. The number of para-hydroxylation sites is 1. The highest BCUT2D eigenvalue weighted by Gasteiger charge is 2.00. The Hall–Kier alpha value is -2.03. The van der Waals surface area contributed by atoms with E-state index in [0.29, 0.717) is 5.76 Å². The molecule has 2 aromatic rings. The molecule has 0 unspecified atom stereocenters. The maximum absolute atomic E-state index is 10.8. The molecule has 0 aliphatic heterocycles. The summed E-state index contributed by atoms with van der Waals surface area (Å²) in [5, 5.41) is 1.02. The lowest BCUT2D eigenvalue weighted by molar-refractivity contribution is -0.134. The average Bonchev–Trinajstić information content (AvgIpc) is 2.68. The van der Waals surface area contributed by atoms with Gasteiger partial charge >= 0.3 is 5.97 Å². The van der Waals surface area contributed by atoms with E-state index >= 15 is 0 Å². The van der Waals surface area contributed by atoms with Gasteiger partial charge < -0.3 is 9.15 Å². The van der Waals surface area contributed by atoms with E-state index in [0.717, 1.165) is 11.0 Å². The Labute approximate surface area is 87.0 Å². The molecule has 0 bridgehead atoms. The van der Waals surface area contributed by atoms with Crippen molar-refractivity contribution in [2.45, 2.75) is 0 Å². The molecule has 0 aliphatic carbocycles. The molecule has 0 amide bonds. The molecule has 0 saturated carbocycles. The van der Waals surface area contributed by atoms with Gasteiger partial charge in [0.05, 0.1) is 7.11 Å². The fourth-order valence-electron chi connectivity index (χ4n) is 1.30. The highest BCUT2D eigenvalue weighted by atomic mass is 16.5. The van der Waals surface area contributed by atoms with Crippen LogP contribution in [-0.4, -0.2) is 13.1 Å². The molecule has 1 aromatic carbocycles. The van der Waals surface area contributed by atoms with Crippen LogP contribution in [0, 0.1) is 0 Å². The summed E-state index contributed by atoms with van der Waals surface area (Å²) in [4.78, 5) is 10.8. The van der Waals surface area contributed by atoms with Gasteiger partial charge in [-0.05, 0) is 18.2 Å². The molecule has 0 fully saturated rings. The van der Waals surface area contributed by atoms with Crippen molar-refractivity contribution in [3.63, 3.8) is 0 Å². The first kappa shape index (κ1) is 9.52. The van der Waals surface area contributed by atoms with Crippen LogP contribution in [0.4, 0.5) is 0 Å². The van der Waals surface area contributed by atoms with E-state index in [9.17, 15) is 4.79 Å². The maximum atomic E-state index is 10.8. The smallest absolute Gasteiger partial charge is 0.330 e. The van der Waals surface area contributed by atoms with Crippen molar-refractivity contribution < 1.29 is 13.9 Å². The van der Waals surface area contributed by atoms with Crippen molar-refractivity contribution in [3.05, 3.63) is 42.2 Å². The number of hydrogen-bond acceptors (Lipinski definition) is 3. The SMILES string of the molecule is COC(=O)/C=C/c1cc2ccccc2o1. The van der Waals surface area contributed by atoms with Gasteiger partial charge in [-0.3, -0.25) is 0 Å². The van der Waals surface area contributed by atoms with E-state index in [1.807, 2.05) is 30.3 Å². The summed E-state index contributed by atoms with van der Waals surface area (Å²) in [7, 11) is 1.34. The topological polar surface area (TPSA) is 39.4 Å². The lowest BCUT2D eigenvalue weighted by Gasteiger charge is -1.87. The molecule has 3 heteroatoms. The largest absolute Gasteiger partial charge is 0.466 e. The van der Waals surface area contributed by atoms with Gasteiger partial charge in [0.2, 0.25) is 0 Å². The predicted molar refractivity (Wildman–Crippen MR) is 57.3 cm³/mol. The zero-order valence-electron chi connectivity index (χ0n) is 8.27. The van der Waals surface area contributed by atoms with Gasteiger partial charge in [0.25, 0.3) is 0 Å². The van der Waals surface area contributed by atoms with Crippen LogP contribution in [0.25, 0.3) is 17.0 Å². The Morgan fingerprint density at radius 1 is 1.40 bits per heavy atom. The standard InChI is InChI=1S/C12H10O3/c1-14-12(13)7-6-10-8-9-4-2-3-5-11(9)15-10/h2-8H,1H3/b7-6+. The third-order valence-electron chi connectivity index (χ3n) is 2.03. The number of fused-ring (bicyclic) bond motifs is 1. The third-order valence-corrected chi connectivity index (χ3v) is 2.03. The minimum Gasteiger partial charge on any atom is -0.466 e. The second-order valence-electron chi connectivity index (χ2n) is 3.04. The van der Waals surface area contributed by atoms with E-state index < -0.39 is 5.97 Å². The van der Waals surface area contributed by atoms with Gasteiger partial charge in [0, 0.05) is 11.5 Å². The molecule has 0 aliphatic rings. The van der Waals surface area contributed by atoms with E-state index in [4.69, 9.17) is 4.42 Å². The summed E-state index contributed by atoms with van der Waals surface area (Å²) in [6.45, 7) is 0. The van der Waals surface area contributed by atoms with E-state index in [2.05, 4.69) is 4.74 Å². The lowest BCUT2D eigenvalue weighted by Crippen LogP contribution is -1.92. The molecule has 1 aromatic heterocycles. The van der Waals surface area contributed by atoms with Crippen LogP contribution in [0.5, 0.6) is 0 Å². The molecular weight excluding hydrogens is 192 g/mol. The quantitative estimate of drug-likeness (QED) is 0.555. The second-order valence-corrected chi connectivity index (χ2v) is 3.04. The summed E-state index contributed by atoms with van der Waals surface area (Å²) < 4.78 is 9.95. The monoisotopic (exact) mass is 202 g/mol. The van der Waals surface area contributed by atoms with Crippen LogP contribution in [-0.2, 0) is 9.53 Å². The van der Waals surface area contributed by atoms with Gasteiger partial charge in [-0.15, -0.1) is 0 Å². The van der Waals surface area contributed by atoms with Crippen molar-refractivity contribution in [1.82, 2.24) is 0 Å². The van der Waals surface area contributed by atoms with Crippen molar-refractivity contribution in [2.75, 3.05) is 7.11 Å². The molecule has 1 heterocycles. The Morgan fingerprint density at radius 3 is 2.93 bits per heavy atom. The first-order valence-electron chi connectivity index (χ1n) is 4.54. The summed E-state index contributed by atoms with van der Waals surface area (Å²) in [5.41, 5.74) is 0.807. The van der Waals surface area contributed by atoms with Crippen LogP contribution in [0.1, 0.15) is 5.76 Å². The van der Waals surface area contributed by atoms with Gasteiger partial charge in [-0.1, -0.05) is 18.2 Å². The molecule has 0 spiro atoms. The van der Waals surface area contributed by atoms with Crippen molar-refractivity contribution in [1.29, 1.82) is 0 Å². The fraction of sp³-hybridized carbons (Fsp3) is 0.0833. The van der Waals surface area contributed by atoms with E-state index in [1.54, 1.807) is 6.08 Å². The fourth-order valence-corrected chi connectivity index (χ4v) is 1.30. The number of ether oxygens (including phenoxy) is 1. The second kappa shape index (κ2) is 4.00. The molecule has 15 heavy (non-hydrogen) atoms. The van der Waals surface area contributed by atoms with Gasteiger partial charge in [-0.2, -0.15) is 0 Å². The number of rotatable bonds is 2. The van der Waals surface area contributed by atoms with Gasteiger partial charge in [0.15, 0.2) is 0 Å². The molecular formula is C12H10O3. The molecule has 3 nitrogen and oxygen atoms in total. The Kier molecular flexibility index (Phi) is 2.54. The summed E-state index contributed by atoms with van der Waals surface area (Å²) in [5.74, 6) is 0.247. The molecule has 76 valence electrons. The number of carbonyl (C=O) groups is 1. The van der Waals surface area contributed by atoms with E-state index in [1.165, 1.54) is 13.2 Å². The zero-order valence-corrected chi connectivity index (χ0v) is 8.27. The number of methoxy groups -OCH3 is 1. The van der Waals surface area contributed by atoms with Crippen molar-refractivity contribution in [2.24, 2.45) is 0 Å². The van der Waals surface area contributed by atoms with Crippen LogP contribution < -0.4 is 0 Å². The highest BCUT2D eigenvalue weighted by Crippen LogP contribution is 2.19. The first-order chi connectivity index (χ1) is 7.29. The number of furan rings is 1. The minimum atomic E-state index is -0.393. The Bertz CT molecular complexity index is 475. The highest BCUT2D eigenvalue weighted by molar-refractivity contribution is 5.88. The molecule has 0 N–H and O–H groups in total. The summed E-state index contributed by atoms with van der Waals surface area (Å²) in [6, 6.07) is 9.54. The van der Waals surface area contributed by atoms with Gasteiger partial charge in [-0.25, -0.2) is 4.79 Å². The van der Waals surface area contributed by atoms with Gasteiger partial charge in [0.1, 0.15) is 11.3 Å². The summed E-state index contributed by atoms with van der Waals surface area (Å²) >= 11 is 0. The van der Waals surface area contributed by atoms with Crippen molar-refractivity contribution in [3.8, 4) is 0 Å². The minimum absolute atomic E-state index is 0.393. The Balaban J connectivity index is 2.29. The normalized spacial score (nSPS) is 11.0. The number of carbonyl (C=O) groups excluding carboxylic acids is 1. The average molecular weight is 202 g/mol. The third kappa shape index (κ3) is 2.07. The lowest BCUT2D eigenvalue weighted by atomic mass is 10.2. The molecule has 0 radical (unpaired) electrons. The molecule has 0 atom stereocenters. The van der Waals surface area contributed by atoms with Crippen LogP contribution >= 0.6 is 0 Å².